The number of aromatic nitrogens is 2. The van der Waals surface area contributed by atoms with Crippen molar-refractivity contribution in [2.75, 3.05) is 39.3 Å². The van der Waals surface area contributed by atoms with Crippen LogP contribution in [0, 0.1) is 6.92 Å². The third-order valence-electron chi connectivity index (χ3n) is 6.62. The molecule has 2 aromatic heterocycles. The Bertz CT molecular complexity index is 859. The van der Waals surface area contributed by atoms with Crippen molar-refractivity contribution >= 4 is 11.6 Å². The van der Waals surface area contributed by atoms with E-state index >= 15 is 0 Å². The lowest BCUT2D eigenvalue weighted by Crippen LogP contribution is -2.44. The summed E-state index contributed by atoms with van der Waals surface area (Å²) in [5.74, 6) is 0.0611. The number of aliphatic hydroxyl groups excluding tert-OH is 1. The number of hydrogen-bond acceptors (Lipinski definition) is 5. The molecule has 1 atom stereocenters. The van der Waals surface area contributed by atoms with Gasteiger partial charge in [0.2, 0.25) is 0 Å². The van der Waals surface area contributed by atoms with E-state index in [1.165, 1.54) is 19.3 Å². The molecule has 2 N–H and O–H groups in total. The van der Waals surface area contributed by atoms with Crippen LogP contribution in [0.2, 0.25) is 0 Å². The van der Waals surface area contributed by atoms with E-state index in [2.05, 4.69) is 14.6 Å². The third-order valence-corrected chi connectivity index (χ3v) is 6.62. The Morgan fingerprint density at radius 1 is 1.20 bits per heavy atom. The van der Waals surface area contributed by atoms with Gasteiger partial charge in [0.15, 0.2) is 5.69 Å². The minimum Gasteiger partial charge on any atom is -0.395 e. The van der Waals surface area contributed by atoms with Gasteiger partial charge in [-0.2, -0.15) is 0 Å². The summed E-state index contributed by atoms with van der Waals surface area (Å²) in [4.78, 5) is 22.4. The van der Waals surface area contributed by atoms with E-state index in [9.17, 15) is 9.90 Å². The molecule has 0 bridgehead atoms. The van der Waals surface area contributed by atoms with Gasteiger partial charge in [-0.25, -0.2) is 4.98 Å². The molecule has 0 radical (unpaired) electrons. The van der Waals surface area contributed by atoms with Crippen LogP contribution < -0.4 is 5.32 Å². The van der Waals surface area contributed by atoms with Crippen molar-refractivity contribution in [3.05, 3.63) is 35.3 Å². The van der Waals surface area contributed by atoms with E-state index in [4.69, 9.17) is 4.98 Å². The van der Waals surface area contributed by atoms with E-state index in [1.807, 2.05) is 30.2 Å². The Labute approximate surface area is 179 Å². The maximum atomic E-state index is 13.2. The van der Waals surface area contributed by atoms with E-state index in [0.717, 1.165) is 68.9 Å². The van der Waals surface area contributed by atoms with Crippen LogP contribution in [0.1, 0.15) is 60.3 Å². The van der Waals surface area contributed by atoms with Crippen molar-refractivity contribution in [2.45, 2.75) is 58.0 Å². The van der Waals surface area contributed by atoms with Gasteiger partial charge in [-0.1, -0.05) is 12.5 Å². The zero-order chi connectivity index (χ0) is 20.9. The first-order valence-corrected chi connectivity index (χ1v) is 11.5. The fourth-order valence-corrected chi connectivity index (χ4v) is 4.83. The zero-order valence-corrected chi connectivity index (χ0v) is 18.1. The number of rotatable bonds is 7. The monoisotopic (exact) mass is 413 g/mol. The predicted molar refractivity (Wildman–Crippen MR) is 118 cm³/mol. The number of fused-ring (bicyclic) bond motifs is 1. The molecule has 1 amide bonds. The van der Waals surface area contributed by atoms with Gasteiger partial charge >= 0.3 is 0 Å². The maximum absolute atomic E-state index is 13.2. The Hall–Kier alpha value is -1.96. The van der Waals surface area contributed by atoms with Crippen molar-refractivity contribution in [3.8, 4) is 0 Å². The van der Waals surface area contributed by atoms with Crippen LogP contribution in [0.4, 0.5) is 0 Å². The van der Waals surface area contributed by atoms with Crippen LogP contribution in [0.5, 0.6) is 0 Å². The highest BCUT2D eigenvalue weighted by molar-refractivity contribution is 5.94. The van der Waals surface area contributed by atoms with Gasteiger partial charge in [-0.15, -0.1) is 0 Å². The molecule has 164 valence electrons. The molecule has 0 unspecified atom stereocenters. The second-order valence-corrected chi connectivity index (χ2v) is 8.69. The summed E-state index contributed by atoms with van der Waals surface area (Å²) in [5.41, 5.74) is 3.48. The second-order valence-electron chi connectivity index (χ2n) is 8.69. The number of aliphatic hydroxyl groups is 1. The van der Waals surface area contributed by atoms with Crippen LogP contribution >= 0.6 is 0 Å². The fraction of sp³-hybridized carbons (Fsp3) is 0.652. The molecule has 0 aliphatic carbocycles. The van der Waals surface area contributed by atoms with E-state index in [0.29, 0.717) is 12.2 Å². The Morgan fingerprint density at radius 3 is 2.80 bits per heavy atom. The molecule has 4 rings (SSSR count). The summed E-state index contributed by atoms with van der Waals surface area (Å²) >= 11 is 0. The first-order valence-electron chi connectivity index (χ1n) is 11.5. The number of hydrogen-bond donors (Lipinski definition) is 2. The molecule has 7 heteroatoms. The average Bonchev–Trinajstić information content (AvgIpc) is 3.17. The summed E-state index contributed by atoms with van der Waals surface area (Å²) in [6, 6.07) is 4.35. The topological polar surface area (TPSA) is 73.1 Å². The summed E-state index contributed by atoms with van der Waals surface area (Å²) in [6.07, 6.45) is 8.86. The quantitative estimate of drug-likeness (QED) is 0.681. The highest BCUT2D eigenvalue weighted by atomic mass is 16.3. The van der Waals surface area contributed by atoms with Gasteiger partial charge in [-0.3, -0.25) is 9.69 Å². The summed E-state index contributed by atoms with van der Waals surface area (Å²) in [7, 11) is 0. The number of imidazole rings is 1. The normalized spacial score (nSPS) is 20.7. The number of nitrogens with one attached hydrogen (secondary N) is 1. The first kappa shape index (κ1) is 21.3. The van der Waals surface area contributed by atoms with Crippen LogP contribution in [0.25, 0.3) is 5.65 Å². The summed E-state index contributed by atoms with van der Waals surface area (Å²) < 4.78 is 2.07. The van der Waals surface area contributed by atoms with E-state index < -0.39 is 0 Å². The molecule has 7 nitrogen and oxygen atoms in total. The largest absolute Gasteiger partial charge is 0.395 e. The molecule has 2 saturated heterocycles. The van der Waals surface area contributed by atoms with Gasteiger partial charge in [-0.05, 0) is 57.2 Å². The number of amides is 1. The smallest absolute Gasteiger partial charge is 0.274 e. The van der Waals surface area contributed by atoms with Crippen molar-refractivity contribution in [1.29, 1.82) is 0 Å². The van der Waals surface area contributed by atoms with Crippen LogP contribution in [-0.4, -0.2) is 75.6 Å². The van der Waals surface area contributed by atoms with E-state index in [1.54, 1.807) is 0 Å². The summed E-state index contributed by atoms with van der Waals surface area (Å²) in [6.45, 7) is 7.34. The SMILES string of the molecule is Cc1cccn2c(CNCCN3CCCC[C@H]3CO)c(C(=O)N3CCCCC3)nc12. The van der Waals surface area contributed by atoms with Gasteiger partial charge < -0.3 is 19.7 Å². The molecule has 0 aromatic carbocycles. The molecule has 4 heterocycles. The molecular weight excluding hydrogens is 378 g/mol. The van der Waals surface area contributed by atoms with Crippen molar-refractivity contribution in [2.24, 2.45) is 0 Å². The van der Waals surface area contributed by atoms with Crippen LogP contribution in [-0.2, 0) is 6.54 Å². The fourth-order valence-electron chi connectivity index (χ4n) is 4.83. The molecule has 0 spiro atoms. The van der Waals surface area contributed by atoms with Crippen molar-refractivity contribution in [3.63, 3.8) is 0 Å². The number of pyridine rings is 1. The zero-order valence-electron chi connectivity index (χ0n) is 18.1. The Morgan fingerprint density at radius 2 is 2.00 bits per heavy atom. The Balaban J connectivity index is 1.47. The molecule has 2 aliphatic heterocycles. The number of nitrogens with zero attached hydrogens (tertiary/aromatic N) is 4. The number of piperidine rings is 2. The number of carbonyl (C=O) groups excluding carboxylic acids is 1. The first-order chi connectivity index (χ1) is 14.7. The highest BCUT2D eigenvalue weighted by Gasteiger charge is 2.26. The number of carbonyl (C=O) groups is 1. The molecule has 2 aromatic rings. The molecular formula is C23H35N5O2. The minimum atomic E-state index is 0.0611. The number of likely N-dealkylation sites (tertiary alicyclic amines) is 2. The lowest BCUT2D eigenvalue weighted by molar-refractivity contribution is 0.0717. The molecule has 2 fully saturated rings. The molecule has 30 heavy (non-hydrogen) atoms. The third kappa shape index (κ3) is 4.53. The van der Waals surface area contributed by atoms with Gasteiger partial charge in [0, 0.05) is 45.0 Å². The summed E-state index contributed by atoms with van der Waals surface area (Å²) in [5, 5.41) is 13.2. The number of aryl methyl sites for hydroxylation is 1. The molecule has 2 aliphatic rings. The average molecular weight is 414 g/mol. The predicted octanol–water partition coefficient (Wildman–Crippen LogP) is 2.21. The lowest BCUT2D eigenvalue weighted by atomic mass is 10.0. The van der Waals surface area contributed by atoms with Crippen molar-refractivity contribution < 1.29 is 9.90 Å². The van der Waals surface area contributed by atoms with Gasteiger partial charge in [0.1, 0.15) is 5.65 Å². The standard InChI is InChI=1S/C23H35N5O2/c1-18-8-7-14-28-20(16-24-10-15-26-11-6-3-9-19(26)17-29)21(25-22(18)28)23(30)27-12-4-2-5-13-27/h7-8,14,19,24,29H,2-6,9-13,15-17H2,1H3/t19-/m0/s1. The molecule has 0 saturated carbocycles. The Kier molecular flexibility index (Phi) is 7.02. The lowest BCUT2D eigenvalue weighted by Gasteiger charge is -2.34. The van der Waals surface area contributed by atoms with Crippen LogP contribution in [0.3, 0.4) is 0 Å². The second kappa shape index (κ2) is 9.90. The van der Waals surface area contributed by atoms with E-state index in [-0.39, 0.29) is 18.6 Å². The van der Waals surface area contributed by atoms with Gasteiger partial charge in [0.25, 0.3) is 5.91 Å². The van der Waals surface area contributed by atoms with Crippen molar-refractivity contribution in [1.82, 2.24) is 24.5 Å². The van der Waals surface area contributed by atoms with Crippen LogP contribution in [0.15, 0.2) is 18.3 Å². The maximum Gasteiger partial charge on any atom is 0.274 e. The minimum absolute atomic E-state index is 0.0611. The highest BCUT2D eigenvalue weighted by Crippen LogP contribution is 2.20. The van der Waals surface area contributed by atoms with Gasteiger partial charge in [0.05, 0.1) is 12.3 Å².